The van der Waals surface area contributed by atoms with Gasteiger partial charge >= 0.3 is 0 Å². The zero-order chi connectivity index (χ0) is 23.5. The molecule has 34 heavy (non-hydrogen) atoms. The van der Waals surface area contributed by atoms with Gasteiger partial charge in [0.15, 0.2) is 0 Å². The van der Waals surface area contributed by atoms with Gasteiger partial charge in [-0.3, -0.25) is 9.59 Å². The fraction of sp³-hybridized carbons (Fsp3) is 0.385. The number of carbonyl (C=O) groups is 2. The van der Waals surface area contributed by atoms with E-state index in [-0.39, 0.29) is 11.8 Å². The van der Waals surface area contributed by atoms with Gasteiger partial charge in [0.2, 0.25) is 11.8 Å². The number of benzene rings is 2. The zero-order valence-electron chi connectivity index (χ0n) is 19.2. The van der Waals surface area contributed by atoms with E-state index in [1.807, 2.05) is 48.5 Å². The minimum atomic E-state index is -0.534. The van der Waals surface area contributed by atoms with Crippen molar-refractivity contribution in [1.82, 2.24) is 0 Å². The van der Waals surface area contributed by atoms with Gasteiger partial charge in [-0.25, -0.2) is 0 Å². The summed E-state index contributed by atoms with van der Waals surface area (Å²) in [6.45, 7) is 9.75. The van der Waals surface area contributed by atoms with Crippen molar-refractivity contribution < 1.29 is 19.1 Å². The molecule has 2 saturated heterocycles. The smallest absolute Gasteiger partial charge is 0.232 e. The van der Waals surface area contributed by atoms with Crippen molar-refractivity contribution >= 4 is 34.6 Å². The van der Waals surface area contributed by atoms with E-state index in [4.69, 9.17) is 9.47 Å². The molecular weight excluding hydrogens is 432 g/mol. The Morgan fingerprint density at radius 1 is 0.706 bits per heavy atom. The van der Waals surface area contributed by atoms with E-state index in [0.29, 0.717) is 32.0 Å². The lowest BCUT2D eigenvalue weighted by Crippen LogP contribution is -2.37. The van der Waals surface area contributed by atoms with Gasteiger partial charge in [0.1, 0.15) is 0 Å². The van der Waals surface area contributed by atoms with Crippen LogP contribution in [-0.2, 0) is 19.1 Å². The Balaban J connectivity index is 1.25. The van der Waals surface area contributed by atoms with Gasteiger partial charge in [0.25, 0.3) is 0 Å². The molecule has 0 unspecified atom stereocenters. The standard InChI is InChI=1S/C26H30N4O4/c1-18-23(25(31)27-19-6-2-4-8-21(19)29-10-14-33-15-11-29)24(18)26(32)28-20-7-3-5-9-22(20)30-12-16-34-17-13-30/h2-9,23-24H,1,10-17H2,(H,27,31)(H,28,32)/t23-,24-/m0/s1. The van der Waals surface area contributed by atoms with E-state index in [2.05, 4.69) is 27.0 Å². The number of hydrogen-bond acceptors (Lipinski definition) is 6. The van der Waals surface area contributed by atoms with E-state index in [0.717, 1.165) is 48.9 Å². The van der Waals surface area contributed by atoms with Crippen LogP contribution < -0.4 is 20.4 Å². The lowest BCUT2D eigenvalue weighted by atomic mass is 10.2. The van der Waals surface area contributed by atoms with Crippen molar-refractivity contribution in [3.63, 3.8) is 0 Å². The van der Waals surface area contributed by atoms with Crippen LogP contribution >= 0.6 is 0 Å². The number of rotatable bonds is 6. The number of anilines is 4. The van der Waals surface area contributed by atoms with E-state index in [1.165, 1.54) is 0 Å². The first-order valence-electron chi connectivity index (χ1n) is 11.8. The lowest BCUT2D eigenvalue weighted by Gasteiger charge is -2.30. The highest BCUT2D eigenvalue weighted by Gasteiger charge is 2.52. The van der Waals surface area contributed by atoms with Crippen LogP contribution in [-0.4, -0.2) is 64.4 Å². The second-order valence-electron chi connectivity index (χ2n) is 8.74. The largest absolute Gasteiger partial charge is 0.378 e. The molecule has 1 aliphatic carbocycles. The topological polar surface area (TPSA) is 83.1 Å². The van der Waals surface area contributed by atoms with Crippen molar-refractivity contribution in [3.8, 4) is 0 Å². The molecule has 2 aromatic rings. The molecule has 1 saturated carbocycles. The summed E-state index contributed by atoms with van der Waals surface area (Å²) in [6, 6.07) is 15.5. The molecule has 2 amide bonds. The maximum Gasteiger partial charge on any atom is 0.232 e. The summed E-state index contributed by atoms with van der Waals surface area (Å²) in [4.78, 5) is 30.6. The zero-order valence-corrected chi connectivity index (χ0v) is 19.2. The van der Waals surface area contributed by atoms with Gasteiger partial charge in [-0.15, -0.1) is 0 Å². The fourth-order valence-electron chi connectivity index (χ4n) is 4.69. The summed E-state index contributed by atoms with van der Waals surface area (Å²) in [5.74, 6) is -1.47. The summed E-state index contributed by atoms with van der Waals surface area (Å²) in [6.07, 6.45) is 0. The summed E-state index contributed by atoms with van der Waals surface area (Å²) in [7, 11) is 0. The van der Waals surface area contributed by atoms with Crippen LogP contribution in [0.1, 0.15) is 0 Å². The van der Waals surface area contributed by atoms with Gasteiger partial charge in [0, 0.05) is 26.2 Å². The van der Waals surface area contributed by atoms with Crippen LogP contribution in [0.4, 0.5) is 22.7 Å². The van der Waals surface area contributed by atoms with Crippen LogP contribution in [0.15, 0.2) is 60.7 Å². The summed E-state index contributed by atoms with van der Waals surface area (Å²) in [5.41, 5.74) is 4.05. The highest BCUT2D eigenvalue weighted by molar-refractivity contribution is 6.09. The Labute approximate surface area is 199 Å². The van der Waals surface area contributed by atoms with Gasteiger partial charge in [0.05, 0.1) is 61.0 Å². The third kappa shape index (κ3) is 4.64. The molecule has 3 fully saturated rings. The number of carbonyl (C=O) groups excluding carboxylic acids is 2. The van der Waals surface area contributed by atoms with Crippen molar-refractivity contribution in [2.45, 2.75) is 0 Å². The Kier molecular flexibility index (Phi) is 6.51. The molecule has 2 atom stereocenters. The number of amides is 2. The number of hydrogen-bond donors (Lipinski definition) is 2. The Morgan fingerprint density at radius 2 is 1.09 bits per heavy atom. The molecule has 3 aliphatic rings. The average molecular weight is 463 g/mol. The first-order chi connectivity index (χ1) is 16.6. The molecular formula is C26H30N4O4. The molecule has 2 N–H and O–H groups in total. The molecule has 8 nitrogen and oxygen atoms in total. The van der Waals surface area contributed by atoms with Gasteiger partial charge in [-0.05, 0) is 24.3 Å². The average Bonchev–Trinajstić information content (AvgIpc) is 3.57. The van der Waals surface area contributed by atoms with Gasteiger partial charge in [-0.1, -0.05) is 36.4 Å². The van der Waals surface area contributed by atoms with Crippen molar-refractivity contribution in [2.75, 3.05) is 73.0 Å². The molecule has 178 valence electrons. The molecule has 2 aliphatic heterocycles. The first kappa shape index (κ1) is 22.4. The number of nitrogens with zero attached hydrogens (tertiary/aromatic N) is 2. The molecule has 5 rings (SSSR count). The summed E-state index contributed by atoms with van der Waals surface area (Å²) >= 11 is 0. The fourth-order valence-corrected chi connectivity index (χ4v) is 4.69. The molecule has 0 bridgehead atoms. The van der Waals surface area contributed by atoms with Crippen molar-refractivity contribution in [1.29, 1.82) is 0 Å². The van der Waals surface area contributed by atoms with Crippen LogP contribution in [0.25, 0.3) is 0 Å². The third-order valence-electron chi connectivity index (χ3n) is 6.62. The van der Waals surface area contributed by atoms with Crippen LogP contribution in [0.3, 0.4) is 0 Å². The maximum absolute atomic E-state index is 13.1. The number of nitrogens with one attached hydrogen (secondary N) is 2. The number of morpholine rings is 2. The quantitative estimate of drug-likeness (QED) is 0.643. The molecule has 0 aromatic heterocycles. The number of para-hydroxylation sites is 4. The van der Waals surface area contributed by atoms with E-state index >= 15 is 0 Å². The minimum absolute atomic E-state index is 0.202. The van der Waals surface area contributed by atoms with E-state index < -0.39 is 11.8 Å². The van der Waals surface area contributed by atoms with Crippen LogP contribution in [0, 0.1) is 11.8 Å². The minimum Gasteiger partial charge on any atom is -0.378 e. The predicted octanol–water partition coefficient (Wildman–Crippen LogP) is 2.74. The predicted molar refractivity (Wildman–Crippen MR) is 132 cm³/mol. The third-order valence-corrected chi connectivity index (χ3v) is 6.62. The second kappa shape index (κ2) is 9.87. The highest BCUT2D eigenvalue weighted by Crippen LogP contribution is 2.46. The summed E-state index contributed by atoms with van der Waals surface area (Å²) < 4.78 is 10.9. The van der Waals surface area contributed by atoms with Crippen LogP contribution in [0.2, 0.25) is 0 Å². The second-order valence-corrected chi connectivity index (χ2v) is 8.74. The number of ether oxygens (including phenoxy) is 2. The summed E-state index contributed by atoms with van der Waals surface area (Å²) in [5, 5.41) is 6.06. The van der Waals surface area contributed by atoms with Gasteiger partial charge in [-0.2, -0.15) is 0 Å². The molecule has 2 aromatic carbocycles. The molecule has 8 heteroatoms. The Morgan fingerprint density at radius 3 is 1.50 bits per heavy atom. The molecule has 0 radical (unpaired) electrons. The molecule has 0 spiro atoms. The lowest BCUT2D eigenvalue weighted by molar-refractivity contribution is -0.122. The SMILES string of the molecule is C=C1[C@H](C(=O)Nc2ccccc2N2CCOCC2)[C@H]1C(=O)Nc1ccccc1N1CCOCC1. The maximum atomic E-state index is 13.1. The Hall–Kier alpha value is -3.36. The van der Waals surface area contributed by atoms with E-state index in [1.54, 1.807) is 0 Å². The van der Waals surface area contributed by atoms with Crippen molar-refractivity contribution in [3.05, 3.63) is 60.7 Å². The van der Waals surface area contributed by atoms with E-state index in [9.17, 15) is 9.59 Å². The van der Waals surface area contributed by atoms with Crippen LogP contribution in [0.5, 0.6) is 0 Å². The monoisotopic (exact) mass is 462 g/mol. The normalized spacial score (nSPS) is 22.3. The highest BCUT2D eigenvalue weighted by atomic mass is 16.5. The van der Waals surface area contributed by atoms with Gasteiger partial charge < -0.3 is 29.9 Å². The first-order valence-corrected chi connectivity index (χ1v) is 11.8. The van der Waals surface area contributed by atoms with Crippen molar-refractivity contribution in [2.24, 2.45) is 11.8 Å². The molecule has 2 heterocycles. The Bertz CT molecular complexity index is 992.